The van der Waals surface area contributed by atoms with Crippen molar-refractivity contribution in [1.82, 2.24) is 25.1 Å². The summed E-state index contributed by atoms with van der Waals surface area (Å²) in [4.78, 5) is 46.8. The predicted octanol–water partition coefficient (Wildman–Crippen LogP) is 2.89. The Labute approximate surface area is 237 Å². The van der Waals surface area contributed by atoms with E-state index in [0.29, 0.717) is 16.3 Å². The molecule has 2 aromatic heterocycles. The first kappa shape index (κ1) is 28.8. The fraction of sp³-hybridized carbons (Fsp3) is 0.407. The summed E-state index contributed by atoms with van der Waals surface area (Å²) < 4.78 is 55.6. The monoisotopic (exact) mass is 594 g/mol. The Morgan fingerprint density at radius 3 is 2.56 bits per heavy atom. The first-order chi connectivity index (χ1) is 19.3. The van der Waals surface area contributed by atoms with Gasteiger partial charge in [0.15, 0.2) is 0 Å². The van der Waals surface area contributed by atoms with Crippen LogP contribution in [-0.2, 0) is 17.9 Å². The Morgan fingerprint density at radius 2 is 1.90 bits per heavy atom. The number of nitrogens with zero attached hydrogens (tertiary/aromatic N) is 4. The molecule has 1 atom stereocenters. The van der Waals surface area contributed by atoms with E-state index in [4.69, 9.17) is 11.6 Å². The van der Waals surface area contributed by atoms with Gasteiger partial charge in [-0.1, -0.05) is 23.7 Å². The Balaban J connectivity index is 1.54. The van der Waals surface area contributed by atoms with Crippen molar-refractivity contribution in [3.8, 4) is 0 Å². The van der Waals surface area contributed by atoms with Crippen LogP contribution < -0.4 is 21.1 Å². The molecule has 2 aliphatic rings. The number of halogens is 5. The molecule has 2 fully saturated rings. The van der Waals surface area contributed by atoms with Gasteiger partial charge in [0.25, 0.3) is 11.5 Å². The van der Waals surface area contributed by atoms with E-state index in [0.717, 1.165) is 4.57 Å². The van der Waals surface area contributed by atoms with Gasteiger partial charge >= 0.3 is 6.18 Å². The summed E-state index contributed by atoms with van der Waals surface area (Å²) in [6.45, 7) is 0.507. The molecular weight excluding hydrogens is 568 g/mol. The minimum absolute atomic E-state index is 0.0285. The van der Waals surface area contributed by atoms with Crippen molar-refractivity contribution in [2.75, 3.05) is 37.6 Å². The lowest BCUT2D eigenvalue weighted by atomic mass is 9.99. The number of aromatic nitrogens is 2. The van der Waals surface area contributed by atoms with E-state index >= 15 is 0 Å². The van der Waals surface area contributed by atoms with Crippen LogP contribution in [0, 0.1) is 0 Å². The number of likely N-dealkylation sites (tertiary alicyclic amines) is 1. The molecule has 2 amide bonds. The number of nitrogens with one attached hydrogen (secondary N) is 2. The van der Waals surface area contributed by atoms with Gasteiger partial charge in [-0.05, 0) is 36.8 Å². The van der Waals surface area contributed by atoms with Gasteiger partial charge in [0.2, 0.25) is 5.91 Å². The summed E-state index contributed by atoms with van der Waals surface area (Å²) in [7, 11) is 0. The van der Waals surface area contributed by atoms with Crippen LogP contribution in [0.4, 0.5) is 23.2 Å². The highest BCUT2D eigenvalue weighted by atomic mass is 35.5. The Kier molecular flexibility index (Phi) is 7.68. The van der Waals surface area contributed by atoms with Crippen LogP contribution in [0.25, 0.3) is 11.0 Å². The minimum Gasteiger partial charge on any atom is -0.368 e. The number of carbonyl (C=O) groups excluding carboxylic acids is 2. The predicted molar refractivity (Wildman–Crippen MR) is 145 cm³/mol. The first-order valence-electron chi connectivity index (χ1n) is 12.9. The van der Waals surface area contributed by atoms with Crippen LogP contribution in [0.15, 0.2) is 47.4 Å². The van der Waals surface area contributed by atoms with Crippen molar-refractivity contribution in [2.45, 2.75) is 37.9 Å². The molecule has 1 aromatic carbocycles. The topological polar surface area (TPSA) is 99.6 Å². The zero-order chi connectivity index (χ0) is 29.5. The van der Waals surface area contributed by atoms with E-state index in [1.165, 1.54) is 35.1 Å². The number of fused-ring (bicyclic) bond motifs is 1. The number of pyridine rings is 2. The molecule has 41 heavy (non-hydrogen) atoms. The van der Waals surface area contributed by atoms with Crippen LogP contribution in [0.5, 0.6) is 0 Å². The zero-order valence-corrected chi connectivity index (χ0v) is 22.7. The number of hydrogen-bond acceptors (Lipinski definition) is 6. The lowest BCUT2D eigenvalue weighted by Gasteiger charge is -2.42. The average molecular weight is 595 g/mol. The van der Waals surface area contributed by atoms with E-state index in [9.17, 15) is 31.9 Å². The number of amides is 2. The lowest BCUT2D eigenvalue weighted by molar-refractivity contribution is -0.155. The van der Waals surface area contributed by atoms with E-state index in [-0.39, 0.29) is 49.3 Å². The molecule has 14 heteroatoms. The Morgan fingerprint density at radius 1 is 1.20 bits per heavy atom. The lowest BCUT2D eigenvalue weighted by Crippen LogP contribution is -2.60. The molecule has 0 radical (unpaired) electrons. The third-order valence-corrected chi connectivity index (χ3v) is 7.43. The summed E-state index contributed by atoms with van der Waals surface area (Å²) in [6, 6.07) is 7.73. The summed E-state index contributed by atoms with van der Waals surface area (Å²) in [5.41, 5.74) is -1.57. The largest absolute Gasteiger partial charge is 0.405 e. The molecule has 0 spiro atoms. The van der Waals surface area contributed by atoms with E-state index in [2.05, 4.69) is 15.6 Å². The molecule has 5 rings (SSSR count). The highest BCUT2D eigenvalue weighted by Gasteiger charge is 2.43. The maximum absolute atomic E-state index is 14.1. The van der Waals surface area contributed by atoms with Crippen molar-refractivity contribution >= 4 is 40.1 Å². The number of carbonyl (C=O) groups is 2. The Bertz CT molecular complexity index is 1540. The number of anilines is 1. The van der Waals surface area contributed by atoms with Crippen molar-refractivity contribution in [2.24, 2.45) is 0 Å². The van der Waals surface area contributed by atoms with Gasteiger partial charge in [0, 0.05) is 48.5 Å². The molecule has 2 N–H and O–H groups in total. The van der Waals surface area contributed by atoms with Crippen LogP contribution in [0.1, 0.15) is 22.8 Å². The van der Waals surface area contributed by atoms with Crippen molar-refractivity contribution in [3.05, 3.63) is 69.1 Å². The molecule has 2 saturated heterocycles. The van der Waals surface area contributed by atoms with Crippen molar-refractivity contribution < 1.29 is 27.2 Å². The fourth-order valence-corrected chi connectivity index (χ4v) is 5.19. The molecule has 2 aliphatic heterocycles. The maximum atomic E-state index is 14.1. The van der Waals surface area contributed by atoms with Crippen LogP contribution >= 0.6 is 11.6 Å². The van der Waals surface area contributed by atoms with Gasteiger partial charge in [-0.15, -0.1) is 0 Å². The van der Waals surface area contributed by atoms with Crippen LogP contribution in [0.3, 0.4) is 0 Å². The summed E-state index contributed by atoms with van der Waals surface area (Å²) >= 11 is 5.91. The van der Waals surface area contributed by atoms with Crippen LogP contribution in [0.2, 0.25) is 5.02 Å². The zero-order valence-electron chi connectivity index (χ0n) is 22.0. The van der Waals surface area contributed by atoms with Gasteiger partial charge in [-0.25, -0.2) is 9.37 Å². The van der Waals surface area contributed by atoms with Gasteiger partial charge < -0.3 is 20.4 Å². The molecule has 4 heterocycles. The number of piperazine rings is 1. The molecule has 0 aliphatic carbocycles. The SMILES string of the molecule is CC1(F)CN(C(=O)Cn2c(=O)c(C(=O)NCc3ccc(Cl)cc3)cc3c(N4CCNC(C(F)(F)F)C4)ccnc32)C1. The second kappa shape index (κ2) is 10.9. The average Bonchev–Trinajstić information content (AvgIpc) is 2.91. The molecular formula is C27H27ClF4N6O3. The van der Waals surface area contributed by atoms with Gasteiger partial charge in [0.05, 0.1) is 13.1 Å². The van der Waals surface area contributed by atoms with E-state index in [1.807, 2.05) is 0 Å². The van der Waals surface area contributed by atoms with Crippen molar-refractivity contribution in [3.63, 3.8) is 0 Å². The minimum atomic E-state index is -4.48. The maximum Gasteiger partial charge on any atom is 0.405 e. The van der Waals surface area contributed by atoms with Gasteiger partial charge in [-0.2, -0.15) is 13.2 Å². The summed E-state index contributed by atoms with van der Waals surface area (Å²) in [5.74, 6) is -1.29. The summed E-state index contributed by atoms with van der Waals surface area (Å²) in [6.07, 6.45) is -3.14. The second-order valence-electron chi connectivity index (χ2n) is 10.5. The Hall–Kier alpha value is -3.71. The first-order valence-corrected chi connectivity index (χ1v) is 13.3. The molecule has 0 bridgehead atoms. The van der Waals surface area contributed by atoms with E-state index < -0.39 is 48.4 Å². The molecule has 0 saturated carbocycles. The smallest absolute Gasteiger partial charge is 0.368 e. The molecule has 218 valence electrons. The second-order valence-corrected chi connectivity index (χ2v) is 10.9. The quantitative estimate of drug-likeness (QED) is 0.426. The molecule has 9 nitrogen and oxygen atoms in total. The third kappa shape index (κ3) is 6.15. The number of alkyl halides is 4. The third-order valence-electron chi connectivity index (χ3n) is 7.18. The molecule has 3 aromatic rings. The normalized spacial score (nSPS) is 18.7. The fourth-order valence-electron chi connectivity index (χ4n) is 5.07. The van der Waals surface area contributed by atoms with Crippen molar-refractivity contribution in [1.29, 1.82) is 0 Å². The highest BCUT2D eigenvalue weighted by molar-refractivity contribution is 6.30. The molecule has 1 unspecified atom stereocenters. The number of rotatable bonds is 6. The standard InChI is InChI=1S/C27H27ClF4N6O3/c1-26(29)14-37(15-26)22(39)13-38-23-18(20(6-7-34-23)36-9-8-33-21(12-36)27(30,31)32)10-19(25(38)41)24(40)35-11-16-2-4-17(28)5-3-16/h2-7,10,21,33H,8-9,11-15H2,1H3,(H,35,40). The van der Waals surface area contributed by atoms with Gasteiger partial charge in [-0.3, -0.25) is 19.0 Å². The van der Waals surface area contributed by atoms with E-state index in [1.54, 1.807) is 24.3 Å². The number of hydrogen-bond donors (Lipinski definition) is 2. The van der Waals surface area contributed by atoms with Gasteiger partial charge in [0.1, 0.15) is 29.5 Å². The highest BCUT2D eigenvalue weighted by Crippen LogP contribution is 2.30. The van der Waals surface area contributed by atoms with Crippen LogP contribution in [-0.4, -0.2) is 76.9 Å². The summed E-state index contributed by atoms with van der Waals surface area (Å²) in [5, 5.41) is 5.88. The number of benzene rings is 1.